The Morgan fingerprint density at radius 1 is 1.21 bits per heavy atom. The molecule has 0 saturated carbocycles. The van der Waals surface area contributed by atoms with Crippen LogP contribution in [0.2, 0.25) is 0 Å². The monoisotopic (exact) mass is 403 g/mol. The topological polar surface area (TPSA) is 75.4 Å². The van der Waals surface area contributed by atoms with Gasteiger partial charge in [0, 0.05) is 24.0 Å². The molecule has 28 heavy (non-hydrogen) atoms. The zero-order chi connectivity index (χ0) is 19.6. The number of rotatable bonds is 7. The minimum atomic E-state index is -3.48. The highest BCUT2D eigenvalue weighted by Crippen LogP contribution is 2.21. The summed E-state index contributed by atoms with van der Waals surface area (Å²) >= 11 is 0. The van der Waals surface area contributed by atoms with Crippen LogP contribution in [0.1, 0.15) is 18.5 Å². The highest BCUT2D eigenvalue weighted by molar-refractivity contribution is 7.89. The van der Waals surface area contributed by atoms with Crippen LogP contribution in [0.3, 0.4) is 0 Å². The molecule has 1 unspecified atom stereocenters. The molecule has 1 N–H and O–H groups in total. The number of nitrogens with zero attached hydrogens (tertiary/aromatic N) is 2. The van der Waals surface area contributed by atoms with Gasteiger partial charge < -0.3 is 9.42 Å². The van der Waals surface area contributed by atoms with Gasteiger partial charge in [0.1, 0.15) is 5.82 Å². The van der Waals surface area contributed by atoms with Crippen LogP contribution in [-0.4, -0.2) is 44.2 Å². The van der Waals surface area contributed by atoms with Crippen LogP contribution in [0.4, 0.5) is 4.39 Å². The summed E-state index contributed by atoms with van der Waals surface area (Å²) in [5.41, 5.74) is 1.29. The summed E-state index contributed by atoms with van der Waals surface area (Å²) in [6.07, 6.45) is 2.39. The van der Waals surface area contributed by atoms with Crippen LogP contribution in [0.5, 0.6) is 0 Å². The van der Waals surface area contributed by atoms with E-state index < -0.39 is 10.0 Å². The van der Waals surface area contributed by atoms with Gasteiger partial charge in [-0.3, -0.25) is 0 Å². The van der Waals surface area contributed by atoms with Gasteiger partial charge in [-0.1, -0.05) is 23.4 Å². The molecular formula is C20H22FN3O3S. The molecule has 1 fully saturated rings. The first-order chi connectivity index (χ1) is 13.5. The van der Waals surface area contributed by atoms with E-state index in [0.717, 1.165) is 43.4 Å². The molecule has 1 aromatic heterocycles. The van der Waals surface area contributed by atoms with Crippen molar-refractivity contribution in [2.75, 3.05) is 19.6 Å². The molecule has 0 aliphatic carbocycles. The highest BCUT2D eigenvalue weighted by atomic mass is 32.2. The quantitative estimate of drug-likeness (QED) is 0.656. The standard InChI is InChI=1S/C20H22FN3O3S/c21-15-8-9-18-19(22-27-20(18)13-15)7-4-11-24-12-10-16(14-24)23-28(25,26)17-5-2-1-3-6-17/h1-3,5-6,8-9,13,16,23H,4,7,10-12,14H2. The lowest BCUT2D eigenvalue weighted by molar-refractivity contribution is 0.326. The minimum Gasteiger partial charge on any atom is -0.356 e. The third-order valence-electron chi connectivity index (χ3n) is 5.04. The summed E-state index contributed by atoms with van der Waals surface area (Å²) in [5.74, 6) is -0.337. The van der Waals surface area contributed by atoms with E-state index in [0.29, 0.717) is 17.0 Å². The molecule has 4 rings (SSSR count). The molecule has 1 aliphatic rings. The van der Waals surface area contributed by atoms with Gasteiger partial charge in [-0.2, -0.15) is 0 Å². The summed E-state index contributed by atoms with van der Waals surface area (Å²) in [5, 5.41) is 4.89. The largest absolute Gasteiger partial charge is 0.356 e. The molecule has 0 bridgehead atoms. The average Bonchev–Trinajstić information content (AvgIpc) is 3.29. The summed E-state index contributed by atoms with van der Waals surface area (Å²) in [6, 6.07) is 12.8. The molecule has 0 radical (unpaired) electrons. The third kappa shape index (κ3) is 4.24. The van der Waals surface area contributed by atoms with E-state index in [4.69, 9.17) is 4.52 Å². The highest BCUT2D eigenvalue weighted by Gasteiger charge is 2.27. The van der Waals surface area contributed by atoms with Crippen LogP contribution in [0.15, 0.2) is 57.9 Å². The first-order valence-corrected chi connectivity index (χ1v) is 10.8. The Hall–Kier alpha value is -2.29. The van der Waals surface area contributed by atoms with Crippen molar-refractivity contribution in [3.8, 4) is 0 Å². The van der Waals surface area contributed by atoms with Crippen LogP contribution < -0.4 is 4.72 Å². The average molecular weight is 403 g/mol. The van der Waals surface area contributed by atoms with Crippen LogP contribution >= 0.6 is 0 Å². The lowest BCUT2D eigenvalue weighted by atomic mass is 10.1. The number of likely N-dealkylation sites (tertiary alicyclic amines) is 1. The van der Waals surface area contributed by atoms with E-state index in [1.165, 1.54) is 12.1 Å². The molecule has 2 heterocycles. The van der Waals surface area contributed by atoms with Crippen LogP contribution in [0.25, 0.3) is 11.0 Å². The molecule has 0 amide bonds. The lowest BCUT2D eigenvalue weighted by Crippen LogP contribution is -2.37. The predicted octanol–water partition coefficient (Wildman–Crippen LogP) is 2.95. The molecule has 8 heteroatoms. The van der Waals surface area contributed by atoms with Crippen molar-refractivity contribution in [1.29, 1.82) is 0 Å². The number of nitrogens with one attached hydrogen (secondary N) is 1. The Bertz CT molecular complexity index is 1050. The van der Waals surface area contributed by atoms with Gasteiger partial charge in [0.25, 0.3) is 0 Å². The van der Waals surface area contributed by atoms with E-state index in [-0.39, 0.29) is 11.9 Å². The van der Waals surface area contributed by atoms with E-state index in [1.807, 2.05) is 0 Å². The molecule has 1 saturated heterocycles. The van der Waals surface area contributed by atoms with Gasteiger partial charge in [0.15, 0.2) is 5.58 Å². The zero-order valence-corrected chi connectivity index (χ0v) is 16.2. The molecule has 6 nitrogen and oxygen atoms in total. The van der Waals surface area contributed by atoms with E-state index in [2.05, 4.69) is 14.8 Å². The zero-order valence-electron chi connectivity index (χ0n) is 15.3. The Kier molecular flexibility index (Phi) is 5.43. The number of benzene rings is 2. The predicted molar refractivity (Wildman–Crippen MR) is 104 cm³/mol. The fraction of sp³-hybridized carbons (Fsp3) is 0.350. The van der Waals surface area contributed by atoms with Crippen molar-refractivity contribution >= 4 is 21.0 Å². The van der Waals surface area contributed by atoms with Crippen molar-refractivity contribution in [2.24, 2.45) is 0 Å². The summed E-state index contributed by atoms with van der Waals surface area (Å²) in [6.45, 7) is 2.39. The Labute approximate surface area is 163 Å². The van der Waals surface area contributed by atoms with Gasteiger partial charge >= 0.3 is 0 Å². The van der Waals surface area contributed by atoms with Gasteiger partial charge in [0.2, 0.25) is 10.0 Å². The smallest absolute Gasteiger partial charge is 0.240 e. The van der Waals surface area contributed by atoms with Crippen molar-refractivity contribution in [1.82, 2.24) is 14.8 Å². The maximum atomic E-state index is 13.2. The Morgan fingerprint density at radius 3 is 2.86 bits per heavy atom. The maximum Gasteiger partial charge on any atom is 0.240 e. The van der Waals surface area contributed by atoms with E-state index in [1.54, 1.807) is 36.4 Å². The van der Waals surface area contributed by atoms with E-state index in [9.17, 15) is 12.8 Å². The van der Waals surface area contributed by atoms with Crippen molar-refractivity contribution in [3.05, 3.63) is 60.0 Å². The SMILES string of the molecule is O=S(=O)(NC1CCN(CCCc2noc3cc(F)ccc23)C1)c1ccccc1. The first kappa shape index (κ1) is 19.0. The summed E-state index contributed by atoms with van der Waals surface area (Å²) in [7, 11) is -3.48. The van der Waals surface area contributed by atoms with Crippen molar-refractivity contribution in [2.45, 2.75) is 30.2 Å². The van der Waals surface area contributed by atoms with Crippen molar-refractivity contribution < 1.29 is 17.3 Å². The van der Waals surface area contributed by atoms with Gasteiger partial charge in [0.05, 0.1) is 10.6 Å². The summed E-state index contributed by atoms with van der Waals surface area (Å²) < 4.78 is 46.1. The molecular weight excluding hydrogens is 381 g/mol. The fourth-order valence-corrected chi connectivity index (χ4v) is 4.92. The molecule has 0 spiro atoms. The molecule has 148 valence electrons. The second kappa shape index (κ2) is 7.98. The number of hydrogen-bond donors (Lipinski definition) is 1. The molecule has 2 aromatic carbocycles. The second-order valence-corrected chi connectivity index (χ2v) is 8.81. The lowest BCUT2D eigenvalue weighted by Gasteiger charge is -2.16. The molecule has 1 aliphatic heterocycles. The number of halogens is 1. The van der Waals surface area contributed by atoms with Gasteiger partial charge in [-0.25, -0.2) is 17.5 Å². The number of aromatic nitrogens is 1. The van der Waals surface area contributed by atoms with Gasteiger partial charge in [-0.05, 0) is 56.6 Å². The van der Waals surface area contributed by atoms with Crippen LogP contribution in [-0.2, 0) is 16.4 Å². The number of sulfonamides is 1. The Balaban J connectivity index is 1.28. The minimum absolute atomic E-state index is 0.0824. The molecule has 3 aromatic rings. The van der Waals surface area contributed by atoms with Crippen molar-refractivity contribution in [3.63, 3.8) is 0 Å². The van der Waals surface area contributed by atoms with Crippen LogP contribution in [0, 0.1) is 5.82 Å². The number of fused-ring (bicyclic) bond motifs is 1. The second-order valence-electron chi connectivity index (χ2n) is 7.09. The third-order valence-corrected chi connectivity index (χ3v) is 6.58. The number of hydrogen-bond acceptors (Lipinski definition) is 5. The maximum absolute atomic E-state index is 13.2. The van der Waals surface area contributed by atoms with Gasteiger partial charge in [-0.15, -0.1) is 0 Å². The van der Waals surface area contributed by atoms with E-state index >= 15 is 0 Å². The summed E-state index contributed by atoms with van der Waals surface area (Å²) in [4.78, 5) is 2.54. The normalized spacial score (nSPS) is 18.1. The number of aryl methyl sites for hydroxylation is 1. The molecule has 1 atom stereocenters. The first-order valence-electron chi connectivity index (χ1n) is 9.35. The fourth-order valence-electron chi connectivity index (χ4n) is 3.63. The Morgan fingerprint density at radius 2 is 2.04 bits per heavy atom.